The van der Waals surface area contributed by atoms with Gasteiger partial charge in [0.25, 0.3) is 0 Å². The van der Waals surface area contributed by atoms with Crippen molar-refractivity contribution in [1.82, 2.24) is 14.9 Å². The van der Waals surface area contributed by atoms with Gasteiger partial charge in [0.15, 0.2) is 0 Å². The van der Waals surface area contributed by atoms with Crippen LogP contribution in [0.3, 0.4) is 0 Å². The van der Waals surface area contributed by atoms with Gasteiger partial charge < -0.3 is 24.8 Å². The second-order valence-corrected chi connectivity index (χ2v) is 13.2. The lowest BCUT2D eigenvalue weighted by atomic mass is 10.0. The number of nitrogens with zero attached hydrogens (tertiary/aromatic N) is 1. The van der Waals surface area contributed by atoms with Gasteiger partial charge in [-0.3, -0.25) is 4.79 Å². The van der Waals surface area contributed by atoms with Crippen LogP contribution in [-0.2, 0) is 37.3 Å². The minimum absolute atomic E-state index is 0.0462. The molecule has 0 fully saturated rings. The fourth-order valence-electron chi connectivity index (χ4n) is 3.77. The summed E-state index contributed by atoms with van der Waals surface area (Å²) >= 11 is 12.0. The molecule has 2 aromatic rings. The number of ether oxygens (including phenoxy) is 2. The highest BCUT2D eigenvalue weighted by Crippen LogP contribution is 2.29. The summed E-state index contributed by atoms with van der Waals surface area (Å²) in [6.45, 7) is 11.7. The monoisotopic (exact) mass is 661 g/mol. The Bertz CT molecular complexity index is 1170. The first-order chi connectivity index (χ1) is 20.4. The Hall–Kier alpha value is -1.76. The van der Waals surface area contributed by atoms with Crippen molar-refractivity contribution in [3.8, 4) is 0 Å². The van der Waals surface area contributed by atoms with Crippen LogP contribution >= 0.6 is 23.2 Å². The zero-order chi connectivity index (χ0) is 32.3. The molecule has 1 atom stereocenters. The number of likely N-dealkylation sites (N-methyl/N-ethyl adjacent to an activating group) is 1. The van der Waals surface area contributed by atoms with Gasteiger partial charge in [-0.1, -0.05) is 61.7 Å². The lowest BCUT2D eigenvalue weighted by molar-refractivity contribution is -0.122. The molecule has 0 aliphatic carbocycles. The normalized spacial score (nSPS) is 13.7. The highest BCUT2D eigenvalue weighted by molar-refractivity contribution is 7.89. The molecule has 9 nitrogen and oxygen atoms in total. The summed E-state index contributed by atoms with van der Waals surface area (Å²) < 4.78 is 37.1. The topological polar surface area (TPSA) is 117 Å². The molecule has 244 valence electrons. The zero-order valence-corrected chi connectivity index (χ0v) is 28.4. The van der Waals surface area contributed by atoms with Crippen molar-refractivity contribution in [3.63, 3.8) is 0 Å². The van der Waals surface area contributed by atoms with Crippen LogP contribution in [0.2, 0.25) is 10.0 Å². The molecule has 1 aliphatic rings. The maximum Gasteiger partial charge on any atom is 0.240 e. The summed E-state index contributed by atoms with van der Waals surface area (Å²) in [6.07, 6.45) is 2.41. The zero-order valence-electron chi connectivity index (χ0n) is 26.1. The summed E-state index contributed by atoms with van der Waals surface area (Å²) in [6, 6.07) is 12.0. The number of aliphatic hydroxyl groups is 1. The lowest BCUT2D eigenvalue weighted by Gasteiger charge is -2.25. The van der Waals surface area contributed by atoms with Gasteiger partial charge in [0, 0.05) is 48.7 Å². The fourth-order valence-corrected chi connectivity index (χ4v) is 5.40. The molecule has 0 spiro atoms. The van der Waals surface area contributed by atoms with Crippen molar-refractivity contribution in [1.29, 1.82) is 0 Å². The molecule has 3 rings (SSSR count). The average molecular weight is 663 g/mol. The molecule has 0 saturated carbocycles. The molecular formula is C31H49Cl2N3O6S. The number of sulfonamides is 1. The Labute approximate surface area is 268 Å². The summed E-state index contributed by atoms with van der Waals surface area (Å²) in [5, 5.41) is 12.4. The van der Waals surface area contributed by atoms with Crippen molar-refractivity contribution in [2.75, 3.05) is 53.1 Å². The molecule has 1 aliphatic heterocycles. The van der Waals surface area contributed by atoms with Gasteiger partial charge in [-0.2, -0.15) is 0 Å². The van der Waals surface area contributed by atoms with E-state index in [1.54, 1.807) is 44.2 Å². The van der Waals surface area contributed by atoms with E-state index >= 15 is 0 Å². The molecule has 2 aromatic carbocycles. The van der Waals surface area contributed by atoms with E-state index in [1.807, 2.05) is 19.1 Å². The Morgan fingerprint density at radius 2 is 1.63 bits per heavy atom. The maximum absolute atomic E-state index is 12.0. The van der Waals surface area contributed by atoms with Gasteiger partial charge in [0.1, 0.15) is 0 Å². The summed E-state index contributed by atoms with van der Waals surface area (Å²) in [4.78, 5) is 14.1. The van der Waals surface area contributed by atoms with Crippen LogP contribution in [0, 0.1) is 5.92 Å². The SMILES string of the molecule is CC(C)O.CCC(C)CC(=O)NCCOCCOCCNS(=O)(=O)c1ccccc1.CN1CCc2cc(Cl)cc(Cl)c2C1. The number of hydrogen-bond acceptors (Lipinski definition) is 7. The second-order valence-electron chi connectivity index (χ2n) is 10.6. The third kappa shape index (κ3) is 18.0. The van der Waals surface area contributed by atoms with Gasteiger partial charge in [-0.15, -0.1) is 0 Å². The molecule has 12 heteroatoms. The van der Waals surface area contributed by atoms with Crippen LogP contribution < -0.4 is 10.0 Å². The first-order valence-corrected chi connectivity index (χ1v) is 16.9. The number of nitrogens with one attached hydrogen (secondary N) is 2. The molecule has 3 N–H and O–H groups in total. The van der Waals surface area contributed by atoms with Crippen LogP contribution in [0.15, 0.2) is 47.4 Å². The molecule has 0 radical (unpaired) electrons. The van der Waals surface area contributed by atoms with Crippen LogP contribution in [0.5, 0.6) is 0 Å². The number of amides is 1. The van der Waals surface area contributed by atoms with Crippen molar-refractivity contribution in [2.24, 2.45) is 5.92 Å². The Morgan fingerprint density at radius 1 is 1.02 bits per heavy atom. The molecule has 43 heavy (non-hydrogen) atoms. The van der Waals surface area contributed by atoms with Crippen molar-refractivity contribution in [3.05, 3.63) is 63.6 Å². The van der Waals surface area contributed by atoms with Gasteiger partial charge in [0.2, 0.25) is 15.9 Å². The van der Waals surface area contributed by atoms with Gasteiger partial charge in [-0.05, 0) is 68.6 Å². The number of fused-ring (bicyclic) bond motifs is 1. The Balaban J connectivity index is 0.000000446. The van der Waals surface area contributed by atoms with Crippen molar-refractivity contribution < 1.29 is 27.8 Å². The predicted molar refractivity (Wildman–Crippen MR) is 174 cm³/mol. The molecular weight excluding hydrogens is 613 g/mol. The van der Waals surface area contributed by atoms with Crippen molar-refractivity contribution >= 4 is 39.1 Å². The minimum atomic E-state index is -3.49. The number of aliphatic hydroxyl groups excluding tert-OH is 1. The third-order valence-corrected chi connectivity index (χ3v) is 8.24. The smallest absolute Gasteiger partial charge is 0.240 e. The quantitative estimate of drug-likeness (QED) is 0.246. The standard InChI is InChI=1S/C18H30N2O5S.C10H11Cl2N.C3H8O/c1-3-16(2)15-18(21)19-9-11-24-13-14-25-12-10-20-26(22,23)17-7-5-4-6-8-17;1-13-3-2-7-4-8(11)5-10(12)9(7)6-13;1-3(2)4/h4-8,16,20H,3,9-15H2,1-2H3,(H,19,21);4-5H,2-3,6H2,1H3;3-4H,1-2H3. The van der Waals surface area contributed by atoms with Crippen LogP contribution in [0.25, 0.3) is 0 Å². The summed E-state index contributed by atoms with van der Waals surface area (Å²) in [7, 11) is -1.38. The van der Waals surface area contributed by atoms with E-state index in [4.69, 9.17) is 37.8 Å². The van der Waals surface area contributed by atoms with E-state index in [-0.39, 0.29) is 30.1 Å². The van der Waals surface area contributed by atoms with E-state index in [0.29, 0.717) is 38.7 Å². The first-order valence-electron chi connectivity index (χ1n) is 14.7. The molecule has 0 bridgehead atoms. The Morgan fingerprint density at radius 3 is 2.23 bits per heavy atom. The average Bonchev–Trinajstić information content (AvgIpc) is 2.95. The fraction of sp³-hybridized carbons (Fsp3) is 0.581. The lowest BCUT2D eigenvalue weighted by Crippen LogP contribution is -2.29. The highest BCUT2D eigenvalue weighted by Gasteiger charge is 2.16. The van der Waals surface area contributed by atoms with Crippen LogP contribution in [0.4, 0.5) is 0 Å². The van der Waals surface area contributed by atoms with Gasteiger partial charge in [-0.25, -0.2) is 13.1 Å². The number of hydrogen-bond donors (Lipinski definition) is 3. The largest absolute Gasteiger partial charge is 0.394 e. The molecule has 1 heterocycles. The van der Waals surface area contributed by atoms with E-state index < -0.39 is 10.0 Å². The van der Waals surface area contributed by atoms with E-state index in [2.05, 4.69) is 28.9 Å². The first kappa shape index (κ1) is 39.3. The van der Waals surface area contributed by atoms with Crippen LogP contribution in [0.1, 0.15) is 51.7 Å². The van der Waals surface area contributed by atoms with Crippen molar-refractivity contribution in [2.45, 2.75) is 64.5 Å². The molecule has 0 aromatic heterocycles. The molecule has 0 saturated heterocycles. The van der Waals surface area contributed by atoms with Gasteiger partial charge in [0.05, 0.1) is 31.3 Å². The number of benzene rings is 2. The summed E-state index contributed by atoms with van der Waals surface area (Å²) in [5.41, 5.74) is 2.54. The van der Waals surface area contributed by atoms with E-state index in [9.17, 15) is 13.2 Å². The second kappa shape index (κ2) is 21.9. The molecule has 1 unspecified atom stereocenters. The Kier molecular flexibility index (Phi) is 20.0. The molecule has 1 amide bonds. The van der Waals surface area contributed by atoms with Crippen LogP contribution in [-0.4, -0.2) is 83.5 Å². The minimum Gasteiger partial charge on any atom is -0.394 e. The summed E-state index contributed by atoms with van der Waals surface area (Å²) in [5.74, 6) is 0.438. The maximum atomic E-state index is 12.0. The number of rotatable bonds is 14. The van der Waals surface area contributed by atoms with E-state index in [1.165, 1.54) is 11.1 Å². The number of halogens is 2. The number of carbonyl (C=O) groups is 1. The van der Waals surface area contributed by atoms with Gasteiger partial charge >= 0.3 is 0 Å². The predicted octanol–water partition coefficient (Wildman–Crippen LogP) is 4.92. The third-order valence-electron chi connectivity index (χ3n) is 6.21. The van der Waals surface area contributed by atoms with E-state index in [0.717, 1.165) is 36.0 Å². The number of carbonyl (C=O) groups excluding carboxylic acids is 1. The highest BCUT2D eigenvalue weighted by atomic mass is 35.5.